The van der Waals surface area contributed by atoms with Crippen LogP contribution in [-0.2, 0) is 9.84 Å². The number of nitrogens with zero attached hydrogens (tertiary/aromatic N) is 2. The fraction of sp³-hybridized carbons (Fsp3) is 0.273. The van der Waals surface area contributed by atoms with Crippen molar-refractivity contribution in [2.45, 2.75) is 13.0 Å². The molecule has 0 spiro atoms. The fourth-order valence-corrected chi connectivity index (χ4v) is 5.35. The highest BCUT2D eigenvalue weighted by atomic mass is 32.2. The number of thiazole rings is 1. The summed E-state index contributed by atoms with van der Waals surface area (Å²) in [7, 11) is -1.90. The number of aromatic nitrogens is 3. The van der Waals surface area contributed by atoms with Crippen LogP contribution in [0.25, 0.3) is 21.6 Å². The Hall–Kier alpha value is -3.11. The van der Waals surface area contributed by atoms with Crippen LogP contribution in [0.5, 0.6) is 11.5 Å². The monoisotopic (exact) mass is 473 g/mol. The van der Waals surface area contributed by atoms with E-state index in [1.165, 1.54) is 23.0 Å². The van der Waals surface area contributed by atoms with E-state index in [1.54, 1.807) is 30.5 Å². The van der Waals surface area contributed by atoms with Crippen molar-refractivity contribution in [3.63, 3.8) is 0 Å². The second-order valence-corrected chi connectivity index (χ2v) is 10.4. The van der Waals surface area contributed by atoms with Gasteiger partial charge in [-0.05, 0) is 36.8 Å². The molecule has 32 heavy (non-hydrogen) atoms. The zero-order valence-electron chi connectivity index (χ0n) is 17.9. The fourth-order valence-electron chi connectivity index (χ4n) is 3.77. The Bertz CT molecular complexity index is 1410. The second-order valence-electron chi connectivity index (χ2n) is 7.29. The maximum absolute atomic E-state index is 13.1. The van der Waals surface area contributed by atoms with Gasteiger partial charge in [-0.25, -0.2) is 18.2 Å². The normalized spacial score (nSPS) is 12.7. The summed E-state index contributed by atoms with van der Waals surface area (Å²) < 4.78 is 37.2. The molecule has 4 rings (SSSR count). The number of H-pyrrole nitrogens is 1. The number of methoxy groups -OCH3 is 1. The van der Waals surface area contributed by atoms with Crippen LogP contribution < -0.4 is 15.2 Å². The third-order valence-electron chi connectivity index (χ3n) is 5.06. The van der Waals surface area contributed by atoms with Crippen LogP contribution in [0.15, 0.2) is 52.8 Å². The Labute approximate surface area is 189 Å². The minimum Gasteiger partial charge on any atom is -0.493 e. The van der Waals surface area contributed by atoms with Gasteiger partial charge in [0.05, 0.1) is 36.5 Å². The summed E-state index contributed by atoms with van der Waals surface area (Å²) in [5.41, 5.74) is 2.24. The lowest BCUT2D eigenvalue weighted by Gasteiger charge is -2.20. The van der Waals surface area contributed by atoms with Crippen molar-refractivity contribution in [1.82, 2.24) is 14.5 Å². The van der Waals surface area contributed by atoms with E-state index >= 15 is 0 Å². The molecule has 0 fully saturated rings. The summed E-state index contributed by atoms with van der Waals surface area (Å²) >= 11 is 1.46. The van der Waals surface area contributed by atoms with Gasteiger partial charge in [-0.2, -0.15) is 0 Å². The molecule has 168 valence electrons. The van der Waals surface area contributed by atoms with Gasteiger partial charge in [0.1, 0.15) is 14.8 Å². The lowest BCUT2D eigenvalue weighted by molar-refractivity contribution is 0.310. The van der Waals surface area contributed by atoms with Crippen molar-refractivity contribution in [1.29, 1.82) is 0 Å². The van der Waals surface area contributed by atoms with Crippen LogP contribution in [0.4, 0.5) is 0 Å². The molecule has 0 saturated carbocycles. The molecule has 1 N–H and O–H groups in total. The Morgan fingerprint density at radius 3 is 2.69 bits per heavy atom. The lowest BCUT2D eigenvalue weighted by atomic mass is 10.1. The number of benzene rings is 2. The summed E-state index contributed by atoms with van der Waals surface area (Å²) in [6, 6.07) is 9.96. The van der Waals surface area contributed by atoms with Gasteiger partial charge >= 0.3 is 5.69 Å². The predicted molar refractivity (Wildman–Crippen MR) is 126 cm³/mol. The van der Waals surface area contributed by atoms with Gasteiger partial charge < -0.3 is 14.5 Å². The highest BCUT2D eigenvalue weighted by molar-refractivity contribution is 7.90. The van der Waals surface area contributed by atoms with Crippen molar-refractivity contribution in [3.8, 4) is 22.1 Å². The van der Waals surface area contributed by atoms with Gasteiger partial charge in [0, 0.05) is 23.4 Å². The summed E-state index contributed by atoms with van der Waals surface area (Å²) in [4.78, 5) is 20.4. The van der Waals surface area contributed by atoms with Gasteiger partial charge in [0.25, 0.3) is 0 Å². The summed E-state index contributed by atoms with van der Waals surface area (Å²) in [6.45, 7) is 2.27. The minimum atomic E-state index is -3.43. The highest BCUT2D eigenvalue weighted by Crippen LogP contribution is 2.34. The third kappa shape index (κ3) is 4.28. The van der Waals surface area contributed by atoms with Gasteiger partial charge in [0.2, 0.25) is 0 Å². The smallest absolute Gasteiger partial charge is 0.327 e. The van der Waals surface area contributed by atoms with E-state index in [-0.39, 0.29) is 5.75 Å². The number of imidazole rings is 1. The second kappa shape index (κ2) is 8.79. The molecule has 10 heteroatoms. The van der Waals surface area contributed by atoms with E-state index < -0.39 is 21.6 Å². The molecule has 0 radical (unpaired) electrons. The molecule has 2 heterocycles. The van der Waals surface area contributed by atoms with Crippen LogP contribution in [0, 0.1) is 0 Å². The molecule has 1 atom stereocenters. The van der Waals surface area contributed by atoms with Gasteiger partial charge in [-0.1, -0.05) is 12.1 Å². The molecule has 8 nitrogen and oxygen atoms in total. The number of sulfone groups is 1. The van der Waals surface area contributed by atoms with Crippen molar-refractivity contribution in [2.24, 2.45) is 0 Å². The van der Waals surface area contributed by atoms with Gasteiger partial charge in [0.15, 0.2) is 11.5 Å². The largest absolute Gasteiger partial charge is 0.493 e. The van der Waals surface area contributed by atoms with E-state index in [4.69, 9.17) is 9.47 Å². The minimum absolute atomic E-state index is 0.251. The third-order valence-corrected chi connectivity index (χ3v) is 6.79. The molecule has 0 bridgehead atoms. The van der Waals surface area contributed by atoms with Gasteiger partial charge in [-0.15, -0.1) is 11.3 Å². The van der Waals surface area contributed by atoms with Crippen molar-refractivity contribution >= 4 is 32.2 Å². The summed E-state index contributed by atoms with van der Waals surface area (Å²) in [6.07, 6.45) is 2.86. The predicted octanol–water partition coefficient (Wildman–Crippen LogP) is 3.49. The molecule has 0 aliphatic rings. The van der Waals surface area contributed by atoms with E-state index in [9.17, 15) is 13.2 Å². The number of nitrogens with one attached hydrogen (secondary N) is 1. The Kier molecular flexibility index (Phi) is 6.07. The average Bonchev–Trinajstić information content (AvgIpc) is 3.39. The maximum atomic E-state index is 13.1. The van der Waals surface area contributed by atoms with Crippen LogP contribution >= 0.6 is 11.3 Å². The SMILES string of the molecule is CCOc1cc([C@H](CS(C)(=O)=O)n2c(=O)[nH]c3c(-c4nccs4)cccc32)ccc1OC. The molecule has 0 saturated heterocycles. The molecule has 2 aromatic heterocycles. The van der Waals surface area contributed by atoms with Gasteiger partial charge in [-0.3, -0.25) is 4.57 Å². The van der Waals surface area contributed by atoms with E-state index in [0.717, 1.165) is 16.8 Å². The molecule has 0 amide bonds. The van der Waals surface area contributed by atoms with Crippen LogP contribution in [0.1, 0.15) is 18.5 Å². The summed E-state index contributed by atoms with van der Waals surface area (Å²) in [5, 5.41) is 2.63. The topological polar surface area (TPSA) is 103 Å². The quantitative estimate of drug-likeness (QED) is 0.420. The Balaban J connectivity index is 1.94. The zero-order chi connectivity index (χ0) is 22.9. The number of hydrogen-bond acceptors (Lipinski definition) is 7. The first-order valence-corrected chi connectivity index (χ1v) is 12.9. The number of fused-ring (bicyclic) bond motifs is 1. The van der Waals surface area contributed by atoms with Crippen LogP contribution in [0.2, 0.25) is 0 Å². The number of para-hydroxylation sites is 1. The lowest BCUT2D eigenvalue weighted by Crippen LogP contribution is -2.28. The van der Waals surface area contributed by atoms with Crippen LogP contribution in [-0.4, -0.2) is 48.7 Å². The molecule has 4 aromatic rings. The first kappa shape index (κ1) is 22.1. The zero-order valence-corrected chi connectivity index (χ0v) is 19.5. The first-order valence-electron chi connectivity index (χ1n) is 9.94. The van der Waals surface area contributed by atoms with Crippen molar-refractivity contribution in [2.75, 3.05) is 25.7 Å². The Morgan fingerprint density at radius 1 is 1.22 bits per heavy atom. The Morgan fingerprint density at radius 2 is 2.03 bits per heavy atom. The number of aromatic amines is 1. The average molecular weight is 474 g/mol. The maximum Gasteiger partial charge on any atom is 0.327 e. The van der Waals surface area contributed by atoms with E-state index in [0.29, 0.717) is 34.7 Å². The molecule has 0 aliphatic carbocycles. The van der Waals surface area contributed by atoms with E-state index in [1.807, 2.05) is 24.4 Å². The van der Waals surface area contributed by atoms with E-state index in [2.05, 4.69) is 9.97 Å². The highest BCUT2D eigenvalue weighted by Gasteiger charge is 2.26. The first-order chi connectivity index (χ1) is 15.3. The molecule has 0 aliphatic heterocycles. The van der Waals surface area contributed by atoms with Crippen LogP contribution in [0.3, 0.4) is 0 Å². The molecule has 0 unspecified atom stereocenters. The number of ether oxygens (including phenoxy) is 2. The molecular formula is C22H23N3O5S2. The summed E-state index contributed by atoms with van der Waals surface area (Å²) in [5.74, 6) is 0.771. The number of rotatable bonds is 8. The number of hydrogen-bond donors (Lipinski definition) is 1. The molecular weight excluding hydrogens is 450 g/mol. The molecule has 2 aromatic carbocycles. The standard InChI is InChI=1S/C22H23N3O5S2/c1-4-30-19-12-14(8-9-18(19)29-2)17(13-32(3,27)28)25-16-7-5-6-15(20(16)24-22(25)26)21-23-10-11-31-21/h5-12,17H,4,13H2,1-3H3,(H,24,26)/t17-/m0/s1. The van der Waals surface area contributed by atoms with Crippen molar-refractivity contribution < 1.29 is 17.9 Å². The van der Waals surface area contributed by atoms with Crippen molar-refractivity contribution in [3.05, 3.63) is 64.0 Å².